The molecule has 31 heavy (non-hydrogen) atoms. The largest absolute Gasteiger partial charge is 0.459 e. The van der Waals surface area contributed by atoms with Crippen molar-refractivity contribution in [2.75, 3.05) is 31.5 Å². The van der Waals surface area contributed by atoms with Crippen LogP contribution in [0.3, 0.4) is 0 Å². The predicted octanol–water partition coefficient (Wildman–Crippen LogP) is 3.20. The van der Waals surface area contributed by atoms with Crippen LogP contribution < -0.4 is 5.32 Å². The van der Waals surface area contributed by atoms with Crippen molar-refractivity contribution in [3.63, 3.8) is 0 Å². The first-order chi connectivity index (χ1) is 15.0. The van der Waals surface area contributed by atoms with Crippen molar-refractivity contribution in [3.05, 3.63) is 48.2 Å². The molecule has 0 atom stereocenters. The van der Waals surface area contributed by atoms with Crippen molar-refractivity contribution in [1.82, 2.24) is 19.4 Å². The molecule has 1 N–H and O–H groups in total. The number of hydrogen-bond acceptors (Lipinski definition) is 5. The zero-order chi connectivity index (χ0) is 22.0. The van der Waals surface area contributed by atoms with Gasteiger partial charge >= 0.3 is 0 Å². The fourth-order valence-corrected chi connectivity index (χ4v) is 3.88. The van der Waals surface area contributed by atoms with Crippen molar-refractivity contribution < 1.29 is 14.0 Å². The van der Waals surface area contributed by atoms with Crippen LogP contribution in [0.4, 0.5) is 5.69 Å². The molecule has 8 nitrogen and oxygen atoms in total. The number of aromatic nitrogens is 2. The smallest absolute Gasteiger partial charge is 0.289 e. The van der Waals surface area contributed by atoms with Gasteiger partial charge in [0.2, 0.25) is 5.91 Å². The van der Waals surface area contributed by atoms with E-state index in [0.29, 0.717) is 18.8 Å². The maximum atomic E-state index is 12.5. The molecule has 3 heterocycles. The van der Waals surface area contributed by atoms with Crippen LogP contribution >= 0.6 is 0 Å². The van der Waals surface area contributed by atoms with Crippen LogP contribution in [0.15, 0.2) is 41.0 Å². The number of amides is 2. The second-order valence-corrected chi connectivity index (χ2v) is 8.17. The number of piperazine rings is 1. The molecule has 1 aromatic carbocycles. The molecule has 0 unspecified atom stereocenters. The quantitative estimate of drug-likeness (QED) is 0.658. The first kappa shape index (κ1) is 21.1. The lowest BCUT2D eigenvalue weighted by Gasteiger charge is -2.34. The Labute approximate surface area is 181 Å². The van der Waals surface area contributed by atoms with E-state index >= 15 is 0 Å². The topological polar surface area (TPSA) is 83.6 Å². The second-order valence-electron chi connectivity index (χ2n) is 8.17. The molecule has 0 aliphatic carbocycles. The van der Waals surface area contributed by atoms with Crippen molar-refractivity contribution in [1.29, 1.82) is 0 Å². The Hall–Kier alpha value is -3.13. The highest BCUT2D eigenvalue weighted by Crippen LogP contribution is 2.22. The lowest BCUT2D eigenvalue weighted by molar-refractivity contribution is -0.118. The summed E-state index contributed by atoms with van der Waals surface area (Å²) >= 11 is 0. The third-order valence-electron chi connectivity index (χ3n) is 5.69. The Morgan fingerprint density at radius 3 is 2.58 bits per heavy atom. The zero-order valence-electron chi connectivity index (χ0n) is 18.3. The van der Waals surface area contributed by atoms with E-state index in [4.69, 9.17) is 9.40 Å². The van der Waals surface area contributed by atoms with Gasteiger partial charge in [-0.3, -0.25) is 14.5 Å². The van der Waals surface area contributed by atoms with Gasteiger partial charge in [-0.15, -0.1) is 0 Å². The van der Waals surface area contributed by atoms with E-state index in [0.717, 1.165) is 48.7 Å². The SMILES string of the molecule is CCn1c(CN2CCN(C(=O)c3ccco3)CC2)nc2cc(NC(=O)C(C)C)ccc21. The maximum absolute atomic E-state index is 12.5. The number of carbonyl (C=O) groups excluding carboxylic acids is 2. The predicted molar refractivity (Wildman–Crippen MR) is 119 cm³/mol. The fraction of sp³-hybridized carbons (Fsp3) is 0.435. The Kier molecular flexibility index (Phi) is 6.08. The van der Waals surface area contributed by atoms with Crippen molar-refractivity contribution >= 4 is 28.5 Å². The normalized spacial score (nSPS) is 15.0. The Morgan fingerprint density at radius 1 is 1.16 bits per heavy atom. The molecule has 2 aromatic heterocycles. The number of aryl methyl sites for hydroxylation is 1. The lowest BCUT2D eigenvalue weighted by atomic mass is 10.2. The molecule has 1 aliphatic rings. The molecule has 1 aliphatic heterocycles. The number of carbonyl (C=O) groups is 2. The number of nitrogens with one attached hydrogen (secondary N) is 1. The molecular formula is C23H29N5O3. The number of fused-ring (bicyclic) bond motifs is 1. The molecule has 0 spiro atoms. The summed E-state index contributed by atoms with van der Waals surface area (Å²) in [7, 11) is 0. The van der Waals surface area contributed by atoms with Crippen molar-refractivity contribution in [2.24, 2.45) is 5.92 Å². The van der Waals surface area contributed by atoms with Crippen LogP contribution in [0.2, 0.25) is 0 Å². The van der Waals surface area contributed by atoms with Crippen LogP contribution in [0.1, 0.15) is 37.2 Å². The number of imidazole rings is 1. The highest BCUT2D eigenvalue weighted by molar-refractivity contribution is 5.94. The molecule has 1 saturated heterocycles. The number of anilines is 1. The van der Waals surface area contributed by atoms with E-state index < -0.39 is 0 Å². The van der Waals surface area contributed by atoms with Gasteiger partial charge in [0.05, 0.1) is 23.8 Å². The van der Waals surface area contributed by atoms with Crippen LogP contribution in [0, 0.1) is 5.92 Å². The minimum atomic E-state index is -0.0715. The summed E-state index contributed by atoms with van der Waals surface area (Å²) in [5.74, 6) is 1.26. The number of furan rings is 1. The Balaban J connectivity index is 1.44. The Bertz CT molecular complexity index is 1060. The van der Waals surface area contributed by atoms with Gasteiger partial charge in [0.15, 0.2) is 5.76 Å². The standard InChI is InChI=1S/C23H29N5O3/c1-4-28-19-8-7-17(24-22(29)16(2)3)14-18(19)25-21(28)15-26-9-11-27(12-10-26)23(30)20-6-5-13-31-20/h5-8,13-14,16H,4,9-12,15H2,1-3H3,(H,24,29). The van der Waals surface area contributed by atoms with Gasteiger partial charge in [0, 0.05) is 44.3 Å². The van der Waals surface area contributed by atoms with E-state index in [2.05, 4.69) is 21.7 Å². The fourth-order valence-electron chi connectivity index (χ4n) is 3.88. The molecule has 164 valence electrons. The first-order valence-electron chi connectivity index (χ1n) is 10.8. The van der Waals surface area contributed by atoms with Gasteiger partial charge in [-0.1, -0.05) is 13.8 Å². The summed E-state index contributed by atoms with van der Waals surface area (Å²) in [6.07, 6.45) is 1.53. The van der Waals surface area contributed by atoms with Gasteiger partial charge < -0.3 is 19.2 Å². The maximum Gasteiger partial charge on any atom is 0.289 e. The zero-order valence-corrected chi connectivity index (χ0v) is 18.3. The van der Waals surface area contributed by atoms with E-state index in [1.165, 1.54) is 6.26 Å². The number of hydrogen-bond donors (Lipinski definition) is 1. The average Bonchev–Trinajstić information content (AvgIpc) is 3.41. The van der Waals surface area contributed by atoms with Crippen LogP contribution in [-0.2, 0) is 17.9 Å². The summed E-state index contributed by atoms with van der Waals surface area (Å²) in [6.45, 7) is 10.3. The third kappa shape index (κ3) is 4.49. The third-order valence-corrected chi connectivity index (χ3v) is 5.69. The number of rotatable bonds is 6. The number of nitrogens with zero attached hydrogens (tertiary/aromatic N) is 4. The summed E-state index contributed by atoms with van der Waals surface area (Å²) < 4.78 is 7.45. The van der Waals surface area contributed by atoms with Gasteiger partial charge in [-0.2, -0.15) is 0 Å². The second kappa shape index (κ2) is 8.93. The minimum absolute atomic E-state index is 0.00327. The summed E-state index contributed by atoms with van der Waals surface area (Å²) in [6, 6.07) is 9.32. The monoisotopic (exact) mass is 423 g/mol. The highest BCUT2D eigenvalue weighted by Gasteiger charge is 2.24. The molecule has 2 amide bonds. The molecular weight excluding hydrogens is 394 g/mol. The lowest BCUT2D eigenvalue weighted by Crippen LogP contribution is -2.48. The van der Waals surface area contributed by atoms with Crippen molar-refractivity contribution in [2.45, 2.75) is 33.9 Å². The van der Waals surface area contributed by atoms with E-state index in [1.54, 1.807) is 12.1 Å². The minimum Gasteiger partial charge on any atom is -0.459 e. The molecule has 0 radical (unpaired) electrons. The molecule has 8 heteroatoms. The van der Waals surface area contributed by atoms with Crippen LogP contribution in [-0.4, -0.2) is 57.3 Å². The summed E-state index contributed by atoms with van der Waals surface area (Å²) in [5.41, 5.74) is 2.71. The van der Waals surface area contributed by atoms with Crippen LogP contribution in [0.25, 0.3) is 11.0 Å². The van der Waals surface area contributed by atoms with Crippen molar-refractivity contribution in [3.8, 4) is 0 Å². The molecule has 1 fully saturated rings. The highest BCUT2D eigenvalue weighted by atomic mass is 16.3. The van der Waals surface area contributed by atoms with E-state index in [-0.39, 0.29) is 17.7 Å². The molecule has 4 rings (SSSR count). The van der Waals surface area contributed by atoms with Gasteiger partial charge in [0.1, 0.15) is 5.82 Å². The molecule has 3 aromatic rings. The summed E-state index contributed by atoms with van der Waals surface area (Å²) in [4.78, 5) is 33.5. The van der Waals surface area contributed by atoms with E-state index in [1.807, 2.05) is 36.9 Å². The number of benzene rings is 1. The van der Waals surface area contributed by atoms with Gasteiger partial charge in [-0.25, -0.2) is 4.98 Å². The first-order valence-corrected chi connectivity index (χ1v) is 10.8. The van der Waals surface area contributed by atoms with E-state index in [9.17, 15) is 9.59 Å². The molecule has 0 saturated carbocycles. The van der Waals surface area contributed by atoms with Crippen LogP contribution in [0.5, 0.6) is 0 Å². The van der Waals surface area contributed by atoms with Gasteiger partial charge in [-0.05, 0) is 37.3 Å². The average molecular weight is 424 g/mol. The Morgan fingerprint density at radius 2 is 1.94 bits per heavy atom. The summed E-state index contributed by atoms with van der Waals surface area (Å²) in [5, 5.41) is 2.94. The van der Waals surface area contributed by atoms with Gasteiger partial charge in [0.25, 0.3) is 5.91 Å². The molecule has 0 bridgehead atoms.